The number of thiol groups is 1. The maximum atomic E-state index is 13.2. The molecule has 2 N–H and O–H groups in total. The van der Waals surface area contributed by atoms with Crippen molar-refractivity contribution in [1.29, 1.82) is 0 Å². The highest BCUT2D eigenvalue weighted by Crippen LogP contribution is 2.48. The fraction of sp³-hybridized carbons (Fsp3) is 0.395. The highest BCUT2D eigenvalue weighted by molar-refractivity contribution is 7.98. The van der Waals surface area contributed by atoms with E-state index in [1.807, 2.05) is 18.2 Å². The minimum absolute atomic E-state index is 0.0504. The molecular weight excluding hydrogens is 595 g/mol. The number of nitrogens with one attached hydrogen (secondary N) is 2. The van der Waals surface area contributed by atoms with E-state index in [9.17, 15) is 4.79 Å². The van der Waals surface area contributed by atoms with Gasteiger partial charge in [0.2, 0.25) is 0 Å². The molecule has 236 valence electrons. The number of aromatic nitrogens is 1. The number of hydrogen-bond donors (Lipinski definition) is 3. The number of ether oxygens (including phenoxy) is 1. The lowest BCUT2D eigenvalue weighted by Gasteiger charge is -2.24. The second kappa shape index (κ2) is 14.5. The molecule has 1 aromatic heterocycles. The number of benzene rings is 3. The van der Waals surface area contributed by atoms with Crippen molar-refractivity contribution >= 4 is 53.0 Å². The zero-order valence-corrected chi connectivity index (χ0v) is 28.4. The Kier molecular flexibility index (Phi) is 10.3. The molecule has 0 atom stereocenters. The maximum absolute atomic E-state index is 13.2. The Bertz CT molecular complexity index is 1690. The predicted octanol–water partition coefficient (Wildman–Crippen LogP) is 9.36. The largest absolute Gasteiger partial charge is 0.497 e. The third kappa shape index (κ3) is 7.01. The van der Waals surface area contributed by atoms with Gasteiger partial charge < -0.3 is 14.6 Å². The molecule has 7 rings (SSSR count). The highest BCUT2D eigenvalue weighted by atomic mass is 32.2. The summed E-state index contributed by atoms with van der Waals surface area (Å²) in [5, 5.41) is 4.80. The summed E-state index contributed by atoms with van der Waals surface area (Å²) in [4.78, 5) is 14.1. The molecule has 0 unspecified atom stereocenters. The summed E-state index contributed by atoms with van der Waals surface area (Å²) in [7, 11) is 1.72. The molecule has 2 fully saturated rings. The molecule has 3 aromatic carbocycles. The Balaban J connectivity index is 0.000000652. The van der Waals surface area contributed by atoms with E-state index in [1.165, 1.54) is 97.8 Å². The Morgan fingerprint density at radius 3 is 2.44 bits per heavy atom. The zero-order valence-electron chi connectivity index (χ0n) is 26.7. The number of nitrogens with zero attached hydrogens (tertiary/aromatic N) is 1. The molecule has 1 saturated heterocycles. The smallest absolute Gasteiger partial charge is 0.261 e. The Labute approximate surface area is 277 Å². The van der Waals surface area contributed by atoms with Crippen LogP contribution in [0.1, 0.15) is 91.8 Å². The van der Waals surface area contributed by atoms with E-state index in [0.717, 1.165) is 27.3 Å². The van der Waals surface area contributed by atoms with Crippen LogP contribution >= 0.6 is 24.6 Å². The first-order valence-corrected chi connectivity index (χ1v) is 17.8. The first kappa shape index (κ1) is 31.8. The molecule has 45 heavy (non-hydrogen) atoms. The lowest BCUT2D eigenvalue weighted by Crippen LogP contribution is -2.18. The van der Waals surface area contributed by atoms with Crippen LogP contribution in [0.5, 0.6) is 5.75 Å². The third-order valence-electron chi connectivity index (χ3n) is 9.15. The van der Waals surface area contributed by atoms with Crippen molar-refractivity contribution in [3.8, 4) is 17.0 Å². The minimum Gasteiger partial charge on any atom is -0.497 e. The van der Waals surface area contributed by atoms with Crippen molar-refractivity contribution in [2.75, 3.05) is 20.2 Å². The van der Waals surface area contributed by atoms with Gasteiger partial charge in [0.15, 0.2) is 0 Å². The van der Waals surface area contributed by atoms with E-state index in [4.69, 9.17) is 17.4 Å². The molecule has 3 aliphatic rings. The van der Waals surface area contributed by atoms with Crippen LogP contribution in [-0.4, -0.2) is 35.9 Å². The summed E-state index contributed by atoms with van der Waals surface area (Å²) in [5.41, 5.74) is 9.18. The molecule has 3 heterocycles. The fourth-order valence-electron chi connectivity index (χ4n) is 6.95. The van der Waals surface area contributed by atoms with Crippen molar-refractivity contribution in [1.82, 2.24) is 14.6 Å². The summed E-state index contributed by atoms with van der Waals surface area (Å²) in [6, 6.07) is 21.0. The van der Waals surface area contributed by atoms with Crippen LogP contribution in [0, 0.1) is 0 Å². The number of carbonyl (C=O) groups is 1. The van der Waals surface area contributed by atoms with E-state index < -0.39 is 0 Å². The molecule has 0 radical (unpaired) electrons. The number of allylic oxidation sites excluding steroid dienone is 1. The molecule has 1 amide bonds. The summed E-state index contributed by atoms with van der Waals surface area (Å²) in [5.74, 6) is 1.29. The molecule has 7 heteroatoms. The monoisotopic (exact) mass is 639 g/mol. The van der Waals surface area contributed by atoms with Crippen LogP contribution in [0.2, 0.25) is 0 Å². The first-order chi connectivity index (χ1) is 21.9. The van der Waals surface area contributed by atoms with Gasteiger partial charge >= 0.3 is 0 Å². The van der Waals surface area contributed by atoms with E-state index in [0.29, 0.717) is 23.3 Å². The number of hydrogen-bond acceptors (Lipinski definition) is 5. The Morgan fingerprint density at radius 2 is 1.76 bits per heavy atom. The van der Waals surface area contributed by atoms with Crippen molar-refractivity contribution in [3.63, 3.8) is 0 Å². The van der Waals surface area contributed by atoms with Gasteiger partial charge in [0.25, 0.3) is 5.91 Å². The van der Waals surface area contributed by atoms with Crippen LogP contribution < -0.4 is 14.8 Å². The molecule has 5 nitrogen and oxygen atoms in total. The van der Waals surface area contributed by atoms with Crippen LogP contribution in [-0.2, 0) is 6.54 Å². The zero-order chi connectivity index (χ0) is 31.3. The maximum Gasteiger partial charge on any atom is 0.261 e. The normalized spacial score (nSPS) is 16.3. The highest BCUT2D eigenvalue weighted by Gasteiger charge is 2.30. The topological polar surface area (TPSA) is 55.3 Å². The Morgan fingerprint density at radius 1 is 0.978 bits per heavy atom. The standard InChI is InChI=1S/C34H36N2O2S2.C4H9N/c1-21(2)40-35-34(37)23-13-15-29-30(19-23)36-20-25(27-11-7-8-12-31(27)39)17-24-18-26(38-3)14-16-28(24)33(36)32(29)22-9-5-4-6-10-22;1-2-4-5-3-1/h7-8,11-19,21-22,39H,4-6,9-10,20H2,1-3H3,(H,35,37);5H,1-4H2. The lowest BCUT2D eigenvalue weighted by molar-refractivity contribution is 0.0984. The van der Waals surface area contributed by atoms with Crippen molar-refractivity contribution in [2.24, 2.45) is 0 Å². The molecule has 4 aromatic rings. The summed E-state index contributed by atoms with van der Waals surface area (Å²) >= 11 is 6.29. The first-order valence-electron chi connectivity index (χ1n) is 16.4. The third-order valence-corrected chi connectivity index (χ3v) is 10.3. The predicted molar refractivity (Wildman–Crippen MR) is 194 cm³/mol. The average molecular weight is 640 g/mol. The Hall–Kier alpha value is -3.13. The van der Waals surface area contributed by atoms with Crippen molar-refractivity contribution < 1.29 is 9.53 Å². The van der Waals surface area contributed by atoms with Gasteiger partial charge in [-0.1, -0.05) is 57.4 Å². The number of fused-ring (bicyclic) bond motifs is 5. The van der Waals surface area contributed by atoms with Crippen LogP contribution in [0.3, 0.4) is 0 Å². The number of amides is 1. The van der Waals surface area contributed by atoms with E-state index in [2.05, 4.69) is 77.0 Å². The number of rotatable bonds is 6. The summed E-state index contributed by atoms with van der Waals surface area (Å²) in [6.45, 7) is 7.35. The molecule has 0 spiro atoms. The van der Waals surface area contributed by atoms with Gasteiger partial charge in [-0.3, -0.25) is 9.52 Å². The molecule has 1 saturated carbocycles. The molecule has 0 bridgehead atoms. The second-order valence-corrected chi connectivity index (χ2v) is 14.5. The van der Waals surface area contributed by atoms with Crippen LogP contribution in [0.25, 0.3) is 33.8 Å². The quantitative estimate of drug-likeness (QED) is 0.145. The molecule has 2 aliphatic heterocycles. The fourth-order valence-corrected chi connectivity index (χ4v) is 7.71. The molecular formula is C38H45N3O2S2. The second-order valence-electron chi connectivity index (χ2n) is 12.6. The van der Waals surface area contributed by atoms with Gasteiger partial charge in [-0.05, 0) is 121 Å². The van der Waals surface area contributed by atoms with Gasteiger partial charge in [0.05, 0.1) is 12.8 Å². The molecule has 1 aliphatic carbocycles. The SMILES string of the molecule is C1CCNC1.COc1ccc2c(c1)C=C(c1ccccc1S)Cn1c-2c(C2CCCCC2)c2ccc(C(=O)NSC(C)C)cc21. The number of carbonyl (C=O) groups excluding carboxylic acids is 1. The van der Waals surface area contributed by atoms with E-state index >= 15 is 0 Å². The minimum atomic E-state index is -0.0504. The van der Waals surface area contributed by atoms with Gasteiger partial charge in [-0.15, -0.1) is 12.6 Å². The average Bonchev–Trinajstić information content (AvgIpc) is 3.71. The van der Waals surface area contributed by atoms with Crippen molar-refractivity contribution in [3.05, 3.63) is 82.9 Å². The van der Waals surface area contributed by atoms with Gasteiger partial charge in [0.1, 0.15) is 5.75 Å². The van der Waals surface area contributed by atoms with E-state index in [-0.39, 0.29) is 5.91 Å². The van der Waals surface area contributed by atoms with Gasteiger partial charge in [-0.2, -0.15) is 0 Å². The summed E-state index contributed by atoms with van der Waals surface area (Å²) < 4.78 is 11.1. The van der Waals surface area contributed by atoms with Gasteiger partial charge in [0, 0.05) is 38.7 Å². The number of methoxy groups -OCH3 is 1. The van der Waals surface area contributed by atoms with Crippen LogP contribution in [0.4, 0.5) is 0 Å². The van der Waals surface area contributed by atoms with Gasteiger partial charge in [-0.25, -0.2) is 0 Å². The van der Waals surface area contributed by atoms with Crippen LogP contribution in [0.15, 0.2) is 65.6 Å². The van der Waals surface area contributed by atoms with Crippen molar-refractivity contribution in [2.45, 2.75) is 81.4 Å². The lowest BCUT2D eigenvalue weighted by atomic mass is 9.81. The van der Waals surface area contributed by atoms with E-state index in [1.54, 1.807) is 7.11 Å². The summed E-state index contributed by atoms with van der Waals surface area (Å²) in [6.07, 6.45) is 11.3.